The van der Waals surface area contributed by atoms with Crippen molar-refractivity contribution >= 4 is 29.7 Å². The number of rotatable bonds is 4. The Morgan fingerprint density at radius 2 is 2.42 bits per heavy atom. The van der Waals surface area contributed by atoms with E-state index in [2.05, 4.69) is 10.6 Å². The average molecular weight is 311 g/mol. The predicted octanol–water partition coefficient (Wildman–Crippen LogP) is 2.21. The molecule has 19 heavy (non-hydrogen) atoms. The summed E-state index contributed by atoms with van der Waals surface area (Å²) in [6, 6.07) is 3.13. The summed E-state index contributed by atoms with van der Waals surface area (Å²) in [6.07, 6.45) is 0.317. The number of amides is 1. The van der Waals surface area contributed by atoms with E-state index in [9.17, 15) is 13.6 Å². The first-order chi connectivity index (χ1) is 8.46. The molecule has 1 aliphatic rings. The van der Waals surface area contributed by atoms with Gasteiger partial charge < -0.3 is 5.32 Å². The first kappa shape index (κ1) is 16.3. The lowest BCUT2D eigenvalue weighted by Crippen LogP contribution is -2.44. The molecule has 2 atom stereocenters. The van der Waals surface area contributed by atoms with Crippen LogP contribution in [0.15, 0.2) is 17.5 Å². The van der Waals surface area contributed by atoms with Crippen molar-refractivity contribution in [2.45, 2.75) is 37.8 Å². The van der Waals surface area contributed by atoms with Gasteiger partial charge in [0.05, 0.1) is 12.6 Å². The number of halogens is 3. The van der Waals surface area contributed by atoms with E-state index < -0.39 is 24.9 Å². The van der Waals surface area contributed by atoms with Crippen LogP contribution in [0.25, 0.3) is 0 Å². The molecule has 0 bridgehead atoms. The van der Waals surface area contributed by atoms with E-state index in [1.54, 1.807) is 11.3 Å². The van der Waals surface area contributed by atoms with Crippen LogP contribution in [0.5, 0.6) is 0 Å². The first-order valence-electron chi connectivity index (χ1n) is 5.90. The SMILES string of the molecule is CC(Cc1cccs1)NC(=O)C1CC(F)(F)CN1.Cl. The Bertz CT molecular complexity index is 414. The number of carbonyl (C=O) groups excluding carboxylic acids is 1. The van der Waals surface area contributed by atoms with Crippen LogP contribution in [0.2, 0.25) is 0 Å². The van der Waals surface area contributed by atoms with Crippen LogP contribution in [0.3, 0.4) is 0 Å². The summed E-state index contributed by atoms with van der Waals surface area (Å²) in [7, 11) is 0. The van der Waals surface area contributed by atoms with E-state index in [0.29, 0.717) is 0 Å². The molecule has 1 aromatic rings. The monoisotopic (exact) mass is 310 g/mol. The van der Waals surface area contributed by atoms with Crippen molar-refractivity contribution in [3.05, 3.63) is 22.4 Å². The Morgan fingerprint density at radius 3 is 2.95 bits per heavy atom. The van der Waals surface area contributed by atoms with Gasteiger partial charge in [-0.1, -0.05) is 6.07 Å². The minimum Gasteiger partial charge on any atom is -0.352 e. The lowest BCUT2D eigenvalue weighted by atomic mass is 10.1. The van der Waals surface area contributed by atoms with E-state index in [1.807, 2.05) is 24.4 Å². The lowest BCUT2D eigenvalue weighted by Gasteiger charge is -2.16. The second kappa shape index (κ2) is 6.63. The van der Waals surface area contributed by atoms with E-state index in [4.69, 9.17) is 0 Å². The van der Waals surface area contributed by atoms with Crippen LogP contribution in [0.4, 0.5) is 8.78 Å². The molecule has 2 heterocycles. The topological polar surface area (TPSA) is 41.1 Å². The first-order valence-corrected chi connectivity index (χ1v) is 6.78. The Labute approximate surface area is 121 Å². The van der Waals surface area contributed by atoms with E-state index in [-0.39, 0.29) is 24.4 Å². The van der Waals surface area contributed by atoms with Gasteiger partial charge in [-0.05, 0) is 18.4 Å². The third-order valence-corrected chi connectivity index (χ3v) is 3.80. The Hall–Kier alpha value is -0.720. The number of thiophene rings is 1. The maximum Gasteiger partial charge on any atom is 0.262 e. The van der Waals surface area contributed by atoms with Crippen LogP contribution < -0.4 is 10.6 Å². The molecule has 2 unspecified atom stereocenters. The van der Waals surface area contributed by atoms with Crippen molar-refractivity contribution in [3.8, 4) is 0 Å². The number of hydrogen-bond acceptors (Lipinski definition) is 3. The van der Waals surface area contributed by atoms with Crippen LogP contribution in [-0.2, 0) is 11.2 Å². The van der Waals surface area contributed by atoms with Crippen LogP contribution in [0.1, 0.15) is 18.2 Å². The Balaban J connectivity index is 0.00000180. The summed E-state index contributed by atoms with van der Waals surface area (Å²) < 4.78 is 25.9. The Kier molecular flexibility index (Phi) is 5.70. The Morgan fingerprint density at radius 1 is 1.68 bits per heavy atom. The molecule has 0 saturated carbocycles. The smallest absolute Gasteiger partial charge is 0.262 e. The molecule has 2 rings (SSSR count). The molecule has 0 aliphatic carbocycles. The maximum absolute atomic E-state index is 13.0. The molecular formula is C12H17ClF2N2OS. The number of alkyl halides is 2. The molecule has 1 fully saturated rings. The van der Waals surface area contributed by atoms with Crippen molar-refractivity contribution in [3.63, 3.8) is 0 Å². The van der Waals surface area contributed by atoms with Gasteiger partial charge in [-0.15, -0.1) is 23.7 Å². The summed E-state index contributed by atoms with van der Waals surface area (Å²) >= 11 is 1.62. The molecule has 0 aromatic carbocycles. The second-order valence-corrected chi connectivity index (χ2v) is 5.72. The summed E-state index contributed by atoms with van der Waals surface area (Å²) in [6.45, 7) is 1.47. The molecule has 1 aromatic heterocycles. The summed E-state index contributed by atoms with van der Waals surface area (Å²) in [5.74, 6) is -3.10. The summed E-state index contributed by atoms with van der Waals surface area (Å²) in [5, 5.41) is 7.30. The van der Waals surface area contributed by atoms with Crippen molar-refractivity contribution < 1.29 is 13.6 Å². The molecule has 3 nitrogen and oxygen atoms in total. The molecule has 7 heteroatoms. The van der Waals surface area contributed by atoms with Gasteiger partial charge in [0.25, 0.3) is 5.92 Å². The largest absolute Gasteiger partial charge is 0.352 e. The van der Waals surface area contributed by atoms with Gasteiger partial charge in [0.2, 0.25) is 5.91 Å². The van der Waals surface area contributed by atoms with Gasteiger partial charge in [0.1, 0.15) is 0 Å². The van der Waals surface area contributed by atoms with Crippen LogP contribution >= 0.6 is 23.7 Å². The fraction of sp³-hybridized carbons (Fsp3) is 0.583. The van der Waals surface area contributed by atoms with Gasteiger partial charge in [-0.3, -0.25) is 10.1 Å². The third-order valence-electron chi connectivity index (χ3n) is 2.90. The zero-order chi connectivity index (χ0) is 13.2. The highest BCUT2D eigenvalue weighted by Crippen LogP contribution is 2.25. The van der Waals surface area contributed by atoms with Gasteiger partial charge >= 0.3 is 0 Å². The summed E-state index contributed by atoms with van der Waals surface area (Å²) in [4.78, 5) is 12.9. The molecule has 108 valence electrons. The normalized spacial score (nSPS) is 22.6. The highest BCUT2D eigenvalue weighted by molar-refractivity contribution is 7.09. The number of hydrogen-bond donors (Lipinski definition) is 2. The highest BCUT2D eigenvalue weighted by Gasteiger charge is 2.42. The minimum absolute atomic E-state index is 0. The standard InChI is InChI=1S/C12H16F2N2OS.ClH/c1-8(5-9-3-2-4-18-9)16-11(17)10-6-12(13,14)7-15-10;/h2-4,8,10,15H,5-7H2,1H3,(H,16,17);1H. The fourth-order valence-electron chi connectivity index (χ4n) is 2.03. The molecule has 2 N–H and O–H groups in total. The van der Waals surface area contributed by atoms with Gasteiger partial charge in [-0.25, -0.2) is 8.78 Å². The van der Waals surface area contributed by atoms with Crippen molar-refractivity contribution in [1.29, 1.82) is 0 Å². The average Bonchev–Trinajstić information content (AvgIpc) is 2.87. The lowest BCUT2D eigenvalue weighted by molar-refractivity contribution is -0.124. The predicted molar refractivity (Wildman–Crippen MR) is 74.2 cm³/mol. The van der Waals surface area contributed by atoms with Gasteiger partial charge in [-0.2, -0.15) is 0 Å². The fourth-order valence-corrected chi connectivity index (χ4v) is 2.86. The van der Waals surface area contributed by atoms with Crippen molar-refractivity contribution in [1.82, 2.24) is 10.6 Å². The number of nitrogens with one attached hydrogen (secondary N) is 2. The van der Waals surface area contributed by atoms with Crippen LogP contribution in [-0.4, -0.2) is 30.5 Å². The molecule has 0 radical (unpaired) electrons. The van der Waals surface area contributed by atoms with Gasteiger partial charge in [0, 0.05) is 23.8 Å². The van der Waals surface area contributed by atoms with E-state index in [0.717, 1.165) is 6.42 Å². The zero-order valence-electron chi connectivity index (χ0n) is 10.5. The second-order valence-electron chi connectivity index (χ2n) is 4.69. The minimum atomic E-state index is -2.76. The van der Waals surface area contributed by atoms with Gasteiger partial charge in [0.15, 0.2) is 0 Å². The highest BCUT2D eigenvalue weighted by atomic mass is 35.5. The number of carbonyl (C=O) groups is 1. The van der Waals surface area contributed by atoms with E-state index in [1.165, 1.54) is 4.88 Å². The quantitative estimate of drug-likeness (QED) is 0.895. The van der Waals surface area contributed by atoms with Crippen molar-refractivity contribution in [2.24, 2.45) is 0 Å². The van der Waals surface area contributed by atoms with Crippen LogP contribution in [0, 0.1) is 0 Å². The molecule has 1 aliphatic heterocycles. The summed E-state index contributed by atoms with van der Waals surface area (Å²) in [5.41, 5.74) is 0. The van der Waals surface area contributed by atoms with E-state index >= 15 is 0 Å². The zero-order valence-corrected chi connectivity index (χ0v) is 12.1. The third kappa shape index (κ3) is 4.71. The maximum atomic E-state index is 13.0. The van der Waals surface area contributed by atoms with Crippen molar-refractivity contribution in [2.75, 3.05) is 6.54 Å². The molecular weight excluding hydrogens is 294 g/mol. The molecule has 1 amide bonds. The molecule has 0 spiro atoms. The molecule has 1 saturated heterocycles.